The van der Waals surface area contributed by atoms with E-state index in [0.717, 1.165) is 22.2 Å². The first-order chi connectivity index (χ1) is 9.79. The SMILES string of the molecule is COc1ccc(C(=O)SCSCc2ccccc2)cc1. The molecule has 0 spiro atoms. The number of ether oxygens (including phenoxy) is 1. The van der Waals surface area contributed by atoms with Crippen molar-refractivity contribution in [2.75, 3.05) is 12.2 Å². The lowest BCUT2D eigenvalue weighted by atomic mass is 10.2. The van der Waals surface area contributed by atoms with E-state index in [1.807, 2.05) is 30.3 Å². The van der Waals surface area contributed by atoms with Gasteiger partial charge in [0.2, 0.25) is 5.12 Å². The molecule has 0 aliphatic heterocycles. The van der Waals surface area contributed by atoms with E-state index in [4.69, 9.17) is 4.74 Å². The molecule has 2 aromatic rings. The van der Waals surface area contributed by atoms with E-state index in [-0.39, 0.29) is 5.12 Å². The van der Waals surface area contributed by atoms with Gasteiger partial charge in [-0.3, -0.25) is 4.79 Å². The highest BCUT2D eigenvalue weighted by Crippen LogP contribution is 2.22. The van der Waals surface area contributed by atoms with Crippen LogP contribution in [0.1, 0.15) is 15.9 Å². The summed E-state index contributed by atoms with van der Waals surface area (Å²) in [6, 6.07) is 17.5. The maximum atomic E-state index is 12.0. The number of methoxy groups -OCH3 is 1. The summed E-state index contributed by atoms with van der Waals surface area (Å²) in [6.07, 6.45) is 0. The van der Waals surface area contributed by atoms with Crippen molar-refractivity contribution < 1.29 is 9.53 Å². The van der Waals surface area contributed by atoms with Gasteiger partial charge in [-0.25, -0.2) is 0 Å². The number of hydrogen-bond donors (Lipinski definition) is 0. The van der Waals surface area contributed by atoms with Crippen LogP contribution in [0.2, 0.25) is 0 Å². The first kappa shape index (κ1) is 15.0. The van der Waals surface area contributed by atoms with Crippen LogP contribution in [0, 0.1) is 0 Å². The van der Waals surface area contributed by atoms with Crippen molar-refractivity contribution in [1.29, 1.82) is 0 Å². The number of rotatable bonds is 6. The van der Waals surface area contributed by atoms with Crippen LogP contribution < -0.4 is 4.74 Å². The minimum absolute atomic E-state index is 0.105. The number of thioether (sulfide) groups is 2. The van der Waals surface area contributed by atoms with Gasteiger partial charge in [0.05, 0.1) is 7.11 Å². The van der Waals surface area contributed by atoms with Crippen LogP contribution in [-0.4, -0.2) is 17.3 Å². The molecule has 0 unspecified atom stereocenters. The summed E-state index contributed by atoms with van der Waals surface area (Å²) in [4.78, 5) is 12.0. The number of carbonyl (C=O) groups is 1. The molecule has 2 aromatic carbocycles. The molecule has 0 bridgehead atoms. The summed E-state index contributed by atoms with van der Waals surface area (Å²) in [5.74, 6) is 1.70. The van der Waals surface area contributed by atoms with Gasteiger partial charge in [-0.05, 0) is 29.8 Å². The Morgan fingerprint density at radius 1 is 1.05 bits per heavy atom. The Bertz CT molecular complexity index is 538. The van der Waals surface area contributed by atoms with Crippen molar-refractivity contribution >= 4 is 28.6 Å². The Balaban J connectivity index is 1.74. The second-order valence-electron chi connectivity index (χ2n) is 4.11. The average Bonchev–Trinajstić information content (AvgIpc) is 2.52. The zero-order valence-corrected chi connectivity index (χ0v) is 12.9. The Labute approximate surface area is 127 Å². The minimum atomic E-state index is 0.105. The summed E-state index contributed by atoms with van der Waals surface area (Å²) >= 11 is 3.10. The first-order valence-electron chi connectivity index (χ1n) is 6.22. The summed E-state index contributed by atoms with van der Waals surface area (Å²) in [5, 5.41) is 0.868. The normalized spacial score (nSPS) is 10.2. The molecule has 0 aliphatic rings. The van der Waals surface area contributed by atoms with E-state index in [1.54, 1.807) is 31.0 Å². The molecule has 2 nitrogen and oxygen atoms in total. The van der Waals surface area contributed by atoms with Gasteiger partial charge in [0.1, 0.15) is 5.75 Å². The van der Waals surface area contributed by atoms with E-state index >= 15 is 0 Å². The van der Waals surface area contributed by atoms with E-state index in [9.17, 15) is 4.79 Å². The molecule has 0 saturated carbocycles. The first-order valence-corrected chi connectivity index (χ1v) is 8.36. The van der Waals surface area contributed by atoms with Gasteiger partial charge in [-0.15, -0.1) is 11.8 Å². The molecule has 2 rings (SSSR count). The minimum Gasteiger partial charge on any atom is -0.497 e. The van der Waals surface area contributed by atoms with Crippen LogP contribution in [0.5, 0.6) is 5.75 Å². The van der Waals surface area contributed by atoms with Crippen LogP contribution in [-0.2, 0) is 5.75 Å². The maximum absolute atomic E-state index is 12.0. The van der Waals surface area contributed by atoms with Crippen LogP contribution in [0.4, 0.5) is 0 Å². The monoisotopic (exact) mass is 304 g/mol. The lowest BCUT2D eigenvalue weighted by Gasteiger charge is -2.03. The van der Waals surface area contributed by atoms with Crippen LogP contribution in [0.15, 0.2) is 54.6 Å². The van der Waals surface area contributed by atoms with Crippen molar-refractivity contribution in [1.82, 2.24) is 0 Å². The Hall–Kier alpha value is -1.39. The quantitative estimate of drug-likeness (QED) is 0.581. The molecular weight excluding hydrogens is 288 g/mol. The summed E-state index contributed by atoms with van der Waals surface area (Å²) in [7, 11) is 1.62. The van der Waals surface area contributed by atoms with Crippen molar-refractivity contribution in [2.45, 2.75) is 5.75 Å². The predicted molar refractivity (Wildman–Crippen MR) is 87.5 cm³/mol. The van der Waals surface area contributed by atoms with E-state index in [0.29, 0.717) is 0 Å². The zero-order valence-electron chi connectivity index (χ0n) is 11.2. The van der Waals surface area contributed by atoms with Gasteiger partial charge in [0.25, 0.3) is 0 Å². The van der Waals surface area contributed by atoms with Gasteiger partial charge >= 0.3 is 0 Å². The topological polar surface area (TPSA) is 26.3 Å². The average molecular weight is 304 g/mol. The highest BCUT2D eigenvalue weighted by Gasteiger charge is 2.06. The Morgan fingerprint density at radius 3 is 2.40 bits per heavy atom. The van der Waals surface area contributed by atoms with E-state index in [1.165, 1.54) is 17.3 Å². The van der Waals surface area contributed by atoms with Gasteiger partial charge < -0.3 is 4.74 Å². The van der Waals surface area contributed by atoms with E-state index < -0.39 is 0 Å². The van der Waals surface area contributed by atoms with E-state index in [2.05, 4.69) is 12.1 Å². The van der Waals surface area contributed by atoms with Crippen molar-refractivity contribution in [2.24, 2.45) is 0 Å². The van der Waals surface area contributed by atoms with Gasteiger partial charge in [-0.1, -0.05) is 42.1 Å². The summed E-state index contributed by atoms with van der Waals surface area (Å²) in [6.45, 7) is 0. The fourth-order valence-corrected chi connectivity index (χ4v) is 3.47. The zero-order chi connectivity index (χ0) is 14.2. The summed E-state index contributed by atoms with van der Waals surface area (Å²) in [5.41, 5.74) is 2.01. The van der Waals surface area contributed by atoms with Crippen molar-refractivity contribution in [3.05, 3.63) is 65.7 Å². The third kappa shape index (κ3) is 4.62. The molecule has 20 heavy (non-hydrogen) atoms. The van der Waals surface area contributed by atoms with Gasteiger partial charge in [0.15, 0.2) is 0 Å². The molecule has 0 N–H and O–H groups in total. The molecule has 4 heteroatoms. The predicted octanol–water partition coefficient (Wildman–Crippen LogP) is 4.46. The molecule has 0 heterocycles. The van der Waals surface area contributed by atoms with Gasteiger partial charge in [0, 0.05) is 16.4 Å². The molecule has 0 saturated heterocycles. The lowest BCUT2D eigenvalue weighted by Crippen LogP contribution is -1.94. The third-order valence-electron chi connectivity index (χ3n) is 2.71. The molecule has 0 aromatic heterocycles. The summed E-state index contributed by atoms with van der Waals surface area (Å²) < 4.78 is 5.07. The highest BCUT2D eigenvalue weighted by atomic mass is 32.2. The molecular formula is C16H16O2S2. The smallest absolute Gasteiger partial charge is 0.220 e. The second kappa shape index (κ2) is 8.02. The molecule has 0 amide bonds. The number of benzene rings is 2. The molecule has 0 fully saturated rings. The second-order valence-corrected chi connectivity index (χ2v) is 6.41. The molecule has 0 atom stereocenters. The fraction of sp³-hybridized carbons (Fsp3) is 0.188. The van der Waals surface area contributed by atoms with Crippen molar-refractivity contribution in [3.63, 3.8) is 0 Å². The molecule has 0 aliphatic carbocycles. The number of carbonyl (C=O) groups excluding carboxylic acids is 1. The Morgan fingerprint density at radius 2 is 1.75 bits per heavy atom. The molecule has 0 radical (unpaired) electrons. The Kier molecular flexibility index (Phi) is 6.02. The third-order valence-corrected chi connectivity index (χ3v) is 4.88. The van der Waals surface area contributed by atoms with Crippen molar-refractivity contribution in [3.8, 4) is 5.75 Å². The number of hydrogen-bond acceptors (Lipinski definition) is 4. The largest absolute Gasteiger partial charge is 0.497 e. The fourth-order valence-electron chi connectivity index (χ4n) is 1.64. The standard InChI is InChI=1S/C16H16O2S2/c1-18-15-9-7-14(8-10-15)16(17)20-12-19-11-13-5-3-2-4-6-13/h2-10H,11-12H2,1H3. The molecule has 104 valence electrons. The van der Waals surface area contributed by atoms with Crippen LogP contribution in [0.3, 0.4) is 0 Å². The highest BCUT2D eigenvalue weighted by molar-refractivity contribution is 8.24. The van der Waals surface area contributed by atoms with Crippen LogP contribution in [0.25, 0.3) is 0 Å². The van der Waals surface area contributed by atoms with Gasteiger partial charge in [-0.2, -0.15) is 0 Å². The maximum Gasteiger partial charge on any atom is 0.220 e. The lowest BCUT2D eigenvalue weighted by molar-refractivity contribution is 0.108. The van der Waals surface area contributed by atoms with Crippen LogP contribution >= 0.6 is 23.5 Å².